The van der Waals surface area contributed by atoms with Crippen LogP contribution in [0.15, 0.2) is 47.8 Å². The summed E-state index contributed by atoms with van der Waals surface area (Å²) in [4.78, 5) is 27.0. The van der Waals surface area contributed by atoms with Gasteiger partial charge in [-0.1, -0.05) is 36.4 Å². The molecule has 1 fully saturated rings. The molecule has 0 unspecified atom stereocenters. The van der Waals surface area contributed by atoms with Crippen molar-refractivity contribution in [3.8, 4) is 0 Å². The summed E-state index contributed by atoms with van der Waals surface area (Å²) in [5.74, 6) is -0.388. The van der Waals surface area contributed by atoms with Gasteiger partial charge >= 0.3 is 5.97 Å². The smallest absolute Gasteiger partial charge is 0.329 e. The molecule has 1 aliphatic heterocycles. The van der Waals surface area contributed by atoms with Crippen molar-refractivity contribution in [3.63, 3.8) is 0 Å². The fraction of sp³-hybridized carbons (Fsp3) is 0.294. The van der Waals surface area contributed by atoms with E-state index in [0.29, 0.717) is 17.8 Å². The number of thiophene rings is 1. The second-order valence-electron chi connectivity index (χ2n) is 5.23. The van der Waals surface area contributed by atoms with Gasteiger partial charge in [-0.2, -0.15) is 0 Å². The van der Waals surface area contributed by atoms with Crippen LogP contribution in [0.1, 0.15) is 28.1 Å². The molecule has 22 heavy (non-hydrogen) atoms. The van der Waals surface area contributed by atoms with E-state index < -0.39 is 6.04 Å². The fourth-order valence-corrected chi connectivity index (χ4v) is 3.30. The summed E-state index contributed by atoms with van der Waals surface area (Å²) in [6.07, 6.45) is 1.51. The zero-order valence-electron chi connectivity index (χ0n) is 12.1. The minimum absolute atomic E-state index is 0.0749. The normalized spacial score (nSPS) is 17.5. The summed E-state index contributed by atoms with van der Waals surface area (Å²) >= 11 is 1.40. The number of benzene rings is 1. The van der Waals surface area contributed by atoms with Crippen LogP contribution in [0, 0.1) is 0 Å². The van der Waals surface area contributed by atoms with E-state index in [1.807, 2.05) is 41.8 Å². The number of likely N-dealkylation sites (tertiary alicyclic amines) is 1. The number of carbonyl (C=O) groups is 2. The van der Waals surface area contributed by atoms with Gasteiger partial charge in [-0.05, 0) is 29.9 Å². The van der Waals surface area contributed by atoms with Crippen LogP contribution in [0.5, 0.6) is 0 Å². The maximum Gasteiger partial charge on any atom is 0.329 e. The predicted molar refractivity (Wildman–Crippen MR) is 84.6 cm³/mol. The summed E-state index contributed by atoms with van der Waals surface area (Å²) in [5.41, 5.74) is 0.949. The Bertz CT molecular complexity index is 639. The number of ether oxygens (including phenoxy) is 1. The molecule has 5 heteroatoms. The lowest BCUT2D eigenvalue weighted by molar-refractivity contribution is -0.149. The van der Waals surface area contributed by atoms with Crippen molar-refractivity contribution in [2.75, 3.05) is 6.54 Å². The van der Waals surface area contributed by atoms with Crippen LogP contribution >= 0.6 is 11.3 Å². The predicted octanol–water partition coefficient (Wildman–Crippen LogP) is 3.10. The van der Waals surface area contributed by atoms with Crippen molar-refractivity contribution in [2.24, 2.45) is 0 Å². The molecule has 4 nitrogen and oxygen atoms in total. The third-order valence-corrected chi connectivity index (χ3v) is 4.60. The molecule has 0 bridgehead atoms. The van der Waals surface area contributed by atoms with Gasteiger partial charge in [0.15, 0.2) is 0 Å². The molecule has 0 aliphatic carbocycles. The molecule has 1 atom stereocenters. The first-order valence-corrected chi connectivity index (χ1v) is 8.19. The Morgan fingerprint density at radius 2 is 2.00 bits per heavy atom. The second kappa shape index (κ2) is 6.75. The van der Waals surface area contributed by atoms with Crippen LogP contribution in [-0.2, 0) is 16.1 Å². The van der Waals surface area contributed by atoms with E-state index in [2.05, 4.69) is 0 Å². The highest BCUT2D eigenvalue weighted by atomic mass is 32.1. The van der Waals surface area contributed by atoms with Gasteiger partial charge in [-0.25, -0.2) is 4.79 Å². The standard InChI is InChI=1S/C17H17NO3S/c19-16(15-9-5-11-22-15)18-10-4-8-14(18)17(20)21-12-13-6-2-1-3-7-13/h1-3,5-7,9,11,14H,4,8,10,12H2/t14-/m0/s1. The first-order chi connectivity index (χ1) is 10.8. The van der Waals surface area contributed by atoms with Crippen LogP contribution < -0.4 is 0 Å². The number of hydrogen-bond acceptors (Lipinski definition) is 4. The average molecular weight is 315 g/mol. The Balaban J connectivity index is 1.62. The van der Waals surface area contributed by atoms with E-state index in [4.69, 9.17) is 4.74 Å². The van der Waals surface area contributed by atoms with Crippen molar-refractivity contribution >= 4 is 23.2 Å². The van der Waals surface area contributed by atoms with Crippen molar-refractivity contribution in [1.29, 1.82) is 0 Å². The average Bonchev–Trinajstić information content (AvgIpc) is 3.24. The zero-order chi connectivity index (χ0) is 15.4. The van der Waals surface area contributed by atoms with Gasteiger partial charge < -0.3 is 9.64 Å². The molecule has 0 spiro atoms. The number of hydrogen-bond donors (Lipinski definition) is 0. The number of rotatable bonds is 4. The summed E-state index contributed by atoms with van der Waals surface area (Å²) in [6.45, 7) is 0.860. The topological polar surface area (TPSA) is 46.6 Å². The number of amides is 1. The monoisotopic (exact) mass is 315 g/mol. The summed E-state index contributed by atoms with van der Waals surface area (Å²) in [7, 11) is 0. The van der Waals surface area contributed by atoms with Gasteiger partial charge in [0.1, 0.15) is 12.6 Å². The van der Waals surface area contributed by atoms with Gasteiger partial charge in [0.05, 0.1) is 4.88 Å². The first-order valence-electron chi connectivity index (χ1n) is 7.31. The van der Waals surface area contributed by atoms with Gasteiger partial charge in [0.25, 0.3) is 5.91 Å². The lowest BCUT2D eigenvalue weighted by Crippen LogP contribution is -2.41. The van der Waals surface area contributed by atoms with E-state index in [1.165, 1.54) is 11.3 Å². The summed E-state index contributed by atoms with van der Waals surface area (Å²) in [5, 5.41) is 1.87. The minimum atomic E-state index is -0.460. The maximum absolute atomic E-state index is 12.4. The van der Waals surface area contributed by atoms with Crippen LogP contribution in [0.3, 0.4) is 0 Å². The Kier molecular flexibility index (Phi) is 4.53. The number of nitrogens with zero attached hydrogens (tertiary/aromatic N) is 1. The SMILES string of the molecule is O=C(OCc1ccccc1)[C@@H]1CCCN1C(=O)c1cccs1. The van der Waals surface area contributed by atoms with E-state index in [9.17, 15) is 9.59 Å². The van der Waals surface area contributed by atoms with Crippen LogP contribution in [-0.4, -0.2) is 29.4 Å². The van der Waals surface area contributed by atoms with Gasteiger partial charge in [0, 0.05) is 6.54 Å². The third kappa shape index (κ3) is 3.20. The Morgan fingerprint density at radius 1 is 1.18 bits per heavy atom. The molecule has 1 aliphatic rings. The van der Waals surface area contributed by atoms with Crippen LogP contribution in [0.4, 0.5) is 0 Å². The van der Waals surface area contributed by atoms with Crippen LogP contribution in [0.2, 0.25) is 0 Å². The highest BCUT2D eigenvalue weighted by molar-refractivity contribution is 7.12. The number of esters is 1. The highest BCUT2D eigenvalue weighted by Crippen LogP contribution is 2.23. The van der Waals surface area contributed by atoms with E-state index in [-0.39, 0.29) is 18.5 Å². The van der Waals surface area contributed by atoms with E-state index in [0.717, 1.165) is 12.0 Å². The second-order valence-corrected chi connectivity index (χ2v) is 6.17. The third-order valence-electron chi connectivity index (χ3n) is 3.74. The maximum atomic E-state index is 12.4. The first kappa shape index (κ1) is 14.8. The number of carbonyl (C=O) groups excluding carboxylic acids is 2. The molecule has 114 valence electrons. The molecular weight excluding hydrogens is 298 g/mol. The molecular formula is C17H17NO3S. The summed E-state index contributed by atoms with van der Waals surface area (Å²) in [6, 6.07) is 12.7. The molecule has 3 rings (SSSR count). The molecule has 2 aromatic rings. The van der Waals surface area contributed by atoms with Crippen molar-refractivity contribution in [3.05, 3.63) is 58.3 Å². The lowest BCUT2D eigenvalue weighted by atomic mass is 10.2. The Morgan fingerprint density at radius 3 is 2.73 bits per heavy atom. The molecule has 0 saturated carbocycles. The van der Waals surface area contributed by atoms with Crippen molar-refractivity contribution in [1.82, 2.24) is 4.90 Å². The van der Waals surface area contributed by atoms with Crippen molar-refractivity contribution in [2.45, 2.75) is 25.5 Å². The molecule has 1 aromatic carbocycles. The van der Waals surface area contributed by atoms with E-state index in [1.54, 1.807) is 11.0 Å². The van der Waals surface area contributed by atoms with E-state index >= 15 is 0 Å². The molecule has 2 heterocycles. The van der Waals surface area contributed by atoms with Gasteiger partial charge in [0.2, 0.25) is 0 Å². The molecule has 1 saturated heterocycles. The largest absolute Gasteiger partial charge is 0.459 e. The fourth-order valence-electron chi connectivity index (χ4n) is 2.62. The van der Waals surface area contributed by atoms with Crippen LogP contribution in [0.25, 0.3) is 0 Å². The quantitative estimate of drug-likeness (QED) is 0.815. The zero-order valence-corrected chi connectivity index (χ0v) is 12.9. The Hall–Kier alpha value is -2.14. The van der Waals surface area contributed by atoms with Gasteiger partial charge in [-0.3, -0.25) is 4.79 Å². The molecule has 1 amide bonds. The lowest BCUT2D eigenvalue weighted by Gasteiger charge is -2.22. The Labute approximate surface area is 133 Å². The summed E-state index contributed by atoms with van der Waals surface area (Å²) < 4.78 is 5.38. The van der Waals surface area contributed by atoms with Gasteiger partial charge in [-0.15, -0.1) is 11.3 Å². The minimum Gasteiger partial charge on any atom is -0.459 e. The molecule has 1 aromatic heterocycles. The molecule has 0 N–H and O–H groups in total. The highest BCUT2D eigenvalue weighted by Gasteiger charge is 2.35. The van der Waals surface area contributed by atoms with Crippen molar-refractivity contribution < 1.29 is 14.3 Å². The molecule has 0 radical (unpaired) electrons.